The van der Waals surface area contributed by atoms with Gasteiger partial charge >= 0.3 is 11.9 Å². The van der Waals surface area contributed by atoms with Crippen LogP contribution in [0, 0.1) is 0 Å². The summed E-state index contributed by atoms with van der Waals surface area (Å²) in [6.07, 6.45) is 1.51. The van der Waals surface area contributed by atoms with Crippen molar-refractivity contribution in [3.8, 4) is 11.5 Å². The average molecular weight is 480 g/mol. The third-order valence-electron chi connectivity index (χ3n) is 5.88. The third-order valence-corrected chi connectivity index (χ3v) is 5.88. The number of carbonyl (C=O) groups excluding carboxylic acids is 3. The Balaban J connectivity index is 2.08. The van der Waals surface area contributed by atoms with Gasteiger partial charge in [-0.2, -0.15) is 0 Å². The van der Waals surface area contributed by atoms with Crippen molar-refractivity contribution < 1.29 is 33.3 Å². The summed E-state index contributed by atoms with van der Waals surface area (Å²) in [7, 11) is 4.38. The molecule has 0 saturated heterocycles. The van der Waals surface area contributed by atoms with Gasteiger partial charge < -0.3 is 23.8 Å². The topological polar surface area (TPSA) is 91.4 Å². The molecule has 0 N–H and O–H groups in total. The van der Waals surface area contributed by atoms with E-state index in [0.717, 1.165) is 5.56 Å². The van der Waals surface area contributed by atoms with Crippen molar-refractivity contribution >= 4 is 17.8 Å². The van der Waals surface area contributed by atoms with Crippen LogP contribution in [0.4, 0.5) is 0 Å². The molecular weight excluding hydrogens is 450 g/mol. The SMILES string of the molecule is C=CCOC(=O)C1=C(C)N(Cc2cccc(C(=O)OC)c2)C(=O)CC1c1cc(OC)ccc1OC. The largest absolute Gasteiger partial charge is 0.497 e. The van der Waals surface area contributed by atoms with E-state index >= 15 is 0 Å². The van der Waals surface area contributed by atoms with Gasteiger partial charge in [0.05, 0.1) is 39.0 Å². The Morgan fingerprint density at radius 1 is 1.09 bits per heavy atom. The van der Waals surface area contributed by atoms with Gasteiger partial charge in [0, 0.05) is 23.6 Å². The molecule has 3 rings (SSSR count). The van der Waals surface area contributed by atoms with E-state index in [0.29, 0.717) is 33.9 Å². The molecule has 1 heterocycles. The number of allylic oxidation sites excluding steroid dienone is 1. The monoisotopic (exact) mass is 479 g/mol. The molecule has 0 spiro atoms. The summed E-state index contributed by atoms with van der Waals surface area (Å²) < 4.78 is 21.1. The fourth-order valence-corrected chi connectivity index (χ4v) is 4.15. The first-order chi connectivity index (χ1) is 16.8. The number of amides is 1. The fourth-order valence-electron chi connectivity index (χ4n) is 4.15. The van der Waals surface area contributed by atoms with Gasteiger partial charge in [0.2, 0.25) is 5.91 Å². The van der Waals surface area contributed by atoms with Crippen LogP contribution >= 0.6 is 0 Å². The first kappa shape index (κ1) is 25.6. The molecule has 0 radical (unpaired) electrons. The second kappa shape index (κ2) is 11.4. The summed E-state index contributed by atoms with van der Waals surface area (Å²) in [5.74, 6) is -0.680. The maximum atomic E-state index is 13.4. The third kappa shape index (κ3) is 5.54. The van der Waals surface area contributed by atoms with Crippen LogP contribution in [0.1, 0.15) is 40.7 Å². The Hall–Kier alpha value is -4.07. The van der Waals surface area contributed by atoms with Crippen LogP contribution in [0.2, 0.25) is 0 Å². The second-order valence-electron chi connectivity index (χ2n) is 7.92. The van der Waals surface area contributed by atoms with E-state index in [9.17, 15) is 14.4 Å². The Morgan fingerprint density at radius 3 is 2.51 bits per heavy atom. The van der Waals surface area contributed by atoms with Gasteiger partial charge in [-0.1, -0.05) is 24.8 Å². The highest BCUT2D eigenvalue weighted by Gasteiger charge is 2.38. The van der Waals surface area contributed by atoms with Crippen molar-refractivity contribution in [1.29, 1.82) is 0 Å². The summed E-state index contributed by atoms with van der Waals surface area (Å²) in [5.41, 5.74) is 2.56. The summed E-state index contributed by atoms with van der Waals surface area (Å²) in [6.45, 7) is 5.53. The molecule has 1 aliphatic heterocycles. The quantitative estimate of drug-likeness (QED) is 0.396. The number of carbonyl (C=O) groups is 3. The highest BCUT2D eigenvalue weighted by molar-refractivity contribution is 5.96. The fraction of sp³-hybridized carbons (Fsp3) is 0.296. The normalized spacial score (nSPS) is 15.5. The molecule has 8 nitrogen and oxygen atoms in total. The molecular formula is C27H29NO7. The van der Waals surface area contributed by atoms with Crippen LogP contribution in [-0.2, 0) is 25.6 Å². The first-order valence-electron chi connectivity index (χ1n) is 11.0. The van der Waals surface area contributed by atoms with Crippen molar-refractivity contribution in [2.75, 3.05) is 27.9 Å². The zero-order valence-corrected chi connectivity index (χ0v) is 20.3. The smallest absolute Gasteiger partial charge is 0.337 e. The molecule has 0 aliphatic carbocycles. The summed E-state index contributed by atoms with van der Waals surface area (Å²) in [6, 6.07) is 12.1. The molecule has 1 atom stereocenters. The van der Waals surface area contributed by atoms with Gasteiger partial charge in [-0.05, 0) is 42.8 Å². The minimum Gasteiger partial charge on any atom is -0.497 e. The van der Waals surface area contributed by atoms with Gasteiger partial charge in [0.15, 0.2) is 0 Å². The average Bonchev–Trinajstić information content (AvgIpc) is 2.88. The van der Waals surface area contributed by atoms with E-state index in [1.165, 1.54) is 25.2 Å². The van der Waals surface area contributed by atoms with E-state index in [1.807, 2.05) is 0 Å². The number of hydrogen-bond acceptors (Lipinski definition) is 7. The van der Waals surface area contributed by atoms with Gasteiger partial charge in [-0.15, -0.1) is 0 Å². The molecule has 1 unspecified atom stereocenters. The molecule has 0 aromatic heterocycles. The molecule has 35 heavy (non-hydrogen) atoms. The molecule has 8 heteroatoms. The molecule has 0 bridgehead atoms. The number of methoxy groups -OCH3 is 3. The zero-order chi connectivity index (χ0) is 25.5. The second-order valence-corrected chi connectivity index (χ2v) is 7.92. The van der Waals surface area contributed by atoms with Crippen molar-refractivity contribution in [3.05, 3.63) is 83.1 Å². The maximum Gasteiger partial charge on any atom is 0.337 e. The lowest BCUT2D eigenvalue weighted by Crippen LogP contribution is -2.38. The van der Waals surface area contributed by atoms with Crippen LogP contribution in [0.15, 0.2) is 66.4 Å². The number of rotatable bonds is 9. The van der Waals surface area contributed by atoms with Gasteiger partial charge in [-0.3, -0.25) is 4.79 Å². The van der Waals surface area contributed by atoms with Crippen LogP contribution in [0.25, 0.3) is 0 Å². The zero-order valence-electron chi connectivity index (χ0n) is 20.3. The summed E-state index contributed by atoms with van der Waals surface area (Å²) >= 11 is 0. The standard InChI is InChI=1S/C27H29NO7/c1-6-12-35-27(31)25-17(2)28(16-18-8-7-9-19(13-18)26(30)34-5)24(29)15-22(25)21-14-20(32-3)10-11-23(21)33-4/h6-11,13-14,22H,1,12,15-16H2,2-5H3. The maximum absolute atomic E-state index is 13.4. The lowest BCUT2D eigenvalue weighted by atomic mass is 9.83. The Labute approximate surface area is 204 Å². The lowest BCUT2D eigenvalue weighted by Gasteiger charge is -2.35. The van der Waals surface area contributed by atoms with Crippen molar-refractivity contribution in [2.45, 2.75) is 25.8 Å². The Morgan fingerprint density at radius 2 is 1.86 bits per heavy atom. The van der Waals surface area contributed by atoms with Crippen molar-refractivity contribution in [3.63, 3.8) is 0 Å². The number of ether oxygens (including phenoxy) is 4. The van der Waals surface area contributed by atoms with Gasteiger partial charge in [-0.25, -0.2) is 9.59 Å². The van der Waals surface area contributed by atoms with Crippen molar-refractivity contribution in [2.24, 2.45) is 0 Å². The molecule has 184 valence electrons. The molecule has 1 aliphatic rings. The van der Waals surface area contributed by atoms with Crippen LogP contribution in [0.5, 0.6) is 11.5 Å². The minimum absolute atomic E-state index is 0.0239. The molecule has 0 fully saturated rings. The first-order valence-corrected chi connectivity index (χ1v) is 11.0. The van der Waals surface area contributed by atoms with Gasteiger partial charge in [0.25, 0.3) is 0 Å². The Kier molecular flexibility index (Phi) is 8.30. The van der Waals surface area contributed by atoms with Gasteiger partial charge in [0.1, 0.15) is 18.1 Å². The van der Waals surface area contributed by atoms with E-state index in [1.54, 1.807) is 56.5 Å². The predicted octanol–water partition coefficient (Wildman–Crippen LogP) is 4.01. The molecule has 0 saturated carbocycles. The van der Waals surface area contributed by atoms with E-state index < -0.39 is 17.9 Å². The molecule has 2 aromatic rings. The van der Waals surface area contributed by atoms with E-state index in [-0.39, 0.29) is 25.5 Å². The summed E-state index contributed by atoms with van der Waals surface area (Å²) in [5, 5.41) is 0. The van der Waals surface area contributed by atoms with E-state index in [2.05, 4.69) is 6.58 Å². The molecule has 2 aromatic carbocycles. The number of hydrogen-bond donors (Lipinski definition) is 0. The van der Waals surface area contributed by atoms with Crippen molar-refractivity contribution in [1.82, 2.24) is 4.90 Å². The number of benzene rings is 2. The van der Waals surface area contributed by atoms with Crippen LogP contribution in [0.3, 0.4) is 0 Å². The summed E-state index contributed by atoms with van der Waals surface area (Å²) in [4.78, 5) is 40.0. The predicted molar refractivity (Wildman–Crippen MR) is 129 cm³/mol. The van der Waals surface area contributed by atoms with E-state index in [4.69, 9.17) is 18.9 Å². The lowest BCUT2D eigenvalue weighted by molar-refractivity contribution is -0.139. The minimum atomic E-state index is -0.595. The number of esters is 2. The molecule has 1 amide bonds. The highest BCUT2D eigenvalue weighted by atomic mass is 16.5. The highest BCUT2D eigenvalue weighted by Crippen LogP contribution is 2.42. The van der Waals surface area contributed by atoms with Crippen LogP contribution in [-0.4, -0.2) is 50.7 Å². The van der Waals surface area contributed by atoms with Crippen LogP contribution < -0.4 is 9.47 Å². The Bertz CT molecular complexity index is 1170. The number of nitrogens with zero attached hydrogens (tertiary/aromatic N) is 1.